The molecular formula is C44H55N3O14. The number of ether oxygens (including phenoxy) is 5. The number of nitrogens with zero attached hydrogens (tertiary/aromatic N) is 2. The van der Waals surface area contributed by atoms with Crippen LogP contribution in [0.3, 0.4) is 0 Å². The molecule has 2 aromatic rings. The van der Waals surface area contributed by atoms with Crippen LogP contribution in [0.15, 0.2) is 60.7 Å². The molecule has 0 spiro atoms. The molecule has 9 rings (SSSR count). The Morgan fingerprint density at radius 1 is 0.967 bits per heavy atom. The van der Waals surface area contributed by atoms with Crippen LogP contribution in [0.4, 0.5) is 0 Å². The summed E-state index contributed by atoms with van der Waals surface area (Å²) >= 11 is 0. The number of aliphatic hydroxyl groups excluding tert-OH is 5. The number of hydrogen-bond donors (Lipinski definition) is 6. The smallest absolute Gasteiger partial charge is 0.327 e. The van der Waals surface area contributed by atoms with E-state index in [1.54, 1.807) is 19.2 Å². The molecule has 17 heteroatoms. The molecular weight excluding hydrogens is 794 g/mol. The number of carbonyl (C=O) groups excluding carboxylic acids is 3. The largest absolute Gasteiger partial charge is 0.458 e. The van der Waals surface area contributed by atoms with Crippen molar-refractivity contribution >= 4 is 23.9 Å². The summed E-state index contributed by atoms with van der Waals surface area (Å²) in [6.45, 7) is -0.881. The van der Waals surface area contributed by atoms with Gasteiger partial charge in [-0.25, -0.2) is 0 Å². The number of likely N-dealkylation sites (N-methyl/N-ethyl adjacent to an activating group) is 1. The van der Waals surface area contributed by atoms with Gasteiger partial charge in [0.1, 0.15) is 60.3 Å². The van der Waals surface area contributed by atoms with Crippen LogP contribution in [0.1, 0.15) is 48.8 Å². The molecule has 4 saturated heterocycles. The van der Waals surface area contributed by atoms with E-state index >= 15 is 4.79 Å². The third-order valence-electron chi connectivity index (χ3n) is 13.5. The van der Waals surface area contributed by atoms with Gasteiger partial charge in [-0.2, -0.15) is 5.06 Å². The molecule has 3 saturated carbocycles. The molecule has 2 aromatic carbocycles. The average Bonchev–Trinajstić information content (AvgIpc) is 4.22. The topological polar surface area (TPSA) is 226 Å². The predicted molar refractivity (Wildman–Crippen MR) is 211 cm³/mol. The lowest BCUT2D eigenvalue weighted by Gasteiger charge is -2.50. The second-order valence-corrected chi connectivity index (χ2v) is 17.4. The minimum Gasteiger partial charge on any atom is -0.458 e. The summed E-state index contributed by atoms with van der Waals surface area (Å²) in [6, 6.07) is 14.5. The fourth-order valence-electron chi connectivity index (χ4n) is 10.2. The predicted octanol–water partition coefficient (Wildman–Crippen LogP) is -0.205. The number of hydroxylamine groups is 2. The first-order valence-corrected chi connectivity index (χ1v) is 21.4. The zero-order valence-electron chi connectivity index (χ0n) is 33.9. The highest BCUT2D eigenvalue weighted by Gasteiger charge is 2.78. The Kier molecular flexibility index (Phi) is 11.8. The van der Waals surface area contributed by atoms with Gasteiger partial charge in [0.25, 0.3) is 0 Å². The van der Waals surface area contributed by atoms with E-state index in [1.807, 2.05) is 54.6 Å². The Morgan fingerprint density at radius 3 is 2.38 bits per heavy atom. The SMILES string of the molecule is CN(C(=O)C12CC3OC(=O)C1N(Cc1ccccc1C=CCOC1OC(CO)C(O)C(O)C1O)OC2C1OC(C2CC2)(C2CC2)OC31)C(Cc1ccccc1)C(=O)NCCO. The Labute approximate surface area is 353 Å². The number of nitrogens with one attached hydrogen (secondary N) is 1. The summed E-state index contributed by atoms with van der Waals surface area (Å²) in [5, 5.41) is 54.1. The molecule has 17 nitrogen and oxygen atoms in total. The summed E-state index contributed by atoms with van der Waals surface area (Å²) < 4.78 is 31.3. The zero-order chi connectivity index (χ0) is 42.6. The average molecular weight is 850 g/mol. The van der Waals surface area contributed by atoms with Crippen LogP contribution < -0.4 is 5.32 Å². The van der Waals surface area contributed by atoms with E-state index < -0.39 is 103 Å². The van der Waals surface area contributed by atoms with E-state index in [-0.39, 0.29) is 51.0 Å². The molecule has 12 unspecified atom stereocenters. The van der Waals surface area contributed by atoms with Crippen molar-refractivity contribution in [3.05, 3.63) is 77.4 Å². The number of amides is 2. The summed E-state index contributed by atoms with van der Waals surface area (Å²) in [5.74, 6) is -2.00. The van der Waals surface area contributed by atoms with E-state index in [0.717, 1.165) is 42.4 Å². The minimum absolute atomic E-state index is 0.000909. The molecule has 2 bridgehead atoms. The van der Waals surface area contributed by atoms with Crippen molar-refractivity contribution in [3.63, 3.8) is 0 Å². The van der Waals surface area contributed by atoms with Crippen molar-refractivity contribution < 1.29 is 68.4 Å². The molecule has 0 aromatic heterocycles. The third-order valence-corrected chi connectivity index (χ3v) is 13.5. The second kappa shape index (κ2) is 17.0. The van der Waals surface area contributed by atoms with Crippen molar-refractivity contribution in [2.45, 2.75) is 118 Å². The van der Waals surface area contributed by atoms with Crippen LogP contribution in [0.25, 0.3) is 6.08 Å². The highest BCUT2D eigenvalue weighted by Crippen LogP contribution is 2.64. The fraction of sp³-hybridized carbons (Fsp3) is 0.614. The van der Waals surface area contributed by atoms with Crippen molar-refractivity contribution in [2.24, 2.45) is 17.3 Å². The Morgan fingerprint density at radius 2 is 1.67 bits per heavy atom. The molecule has 7 aliphatic rings. The number of esters is 1. The maximum Gasteiger partial charge on any atom is 0.327 e. The van der Waals surface area contributed by atoms with Gasteiger partial charge < -0.3 is 59.4 Å². The van der Waals surface area contributed by atoms with Crippen LogP contribution in [-0.4, -0.2) is 160 Å². The number of benzene rings is 2. The van der Waals surface area contributed by atoms with E-state index in [4.69, 9.17) is 28.5 Å². The first-order chi connectivity index (χ1) is 29.5. The van der Waals surface area contributed by atoms with E-state index in [0.29, 0.717) is 0 Å². The number of rotatable bonds is 16. The van der Waals surface area contributed by atoms with Crippen LogP contribution in [0.2, 0.25) is 0 Å². The van der Waals surface area contributed by atoms with Crippen molar-refractivity contribution in [3.8, 4) is 0 Å². The number of aliphatic hydroxyl groups is 5. The lowest BCUT2D eigenvalue weighted by atomic mass is 9.62. The van der Waals surface area contributed by atoms with Crippen LogP contribution >= 0.6 is 0 Å². The van der Waals surface area contributed by atoms with Gasteiger partial charge in [-0.15, -0.1) is 0 Å². The summed E-state index contributed by atoms with van der Waals surface area (Å²) in [4.78, 5) is 52.2. The van der Waals surface area contributed by atoms with Gasteiger partial charge in [0.2, 0.25) is 11.8 Å². The maximum atomic E-state index is 15.5. The molecule has 7 fully saturated rings. The Hall–Kier alpha value is -3.85. The van der Waals surface area contributed by atoms with Crippen LogP contribution in [0.5, 0.6) is 0 Å². The van der Waals surface area contributed by atoms with Gasteiger partial charge in [0.15, 0.2) is 18.1 Å². The zero-order valence-corrected chi connectivity index (χ0v) is 33.9. The fourth-order valence-corrected chi connectivity index (χ4v) is 10.2. The molecule has 4 heterocycles. The van der Waals surface area contributed by atoms with E-state index in [9.17, 15) is 35.1 Å². The summed E-state index contributed by atoms with van der Waals surface area (Å²) in [5.41, 5.74) is 0.746. The number of fused-ring (bicyclic) bond motifs is 4. The lowest BCUT2D eigenvalue weighted by molar-refractivity contribution is -0.298. The molecule has 4 aliphatic heterocycles. The minimum atomic E-state index is -1.57. The molecule has 12 atom stereocenters. The van der Waals surface area contributed by atoms with Gasteiger partial charge in [0.05, 0.1) is 26.4 Å². The van der Waals surface area contributed by atoms with E-state index in [1.165, 1.54) is 9.96 Å². The summed E-state index contributed by atoms with van der Waals surface area (Å²) in [7, 11) is 1.57. The number of hydrogen-bond acceptors (Lipinski definition) is 15. The first-order valence-electron chi connectivity index (χ1n) is 21.4. The first kappa shape index (κ1) is 42.5. The highest BCUT2D eigenvalue weighted by atomic mass is 16.8. The highest BCUT2D eigenvalue weighted by molar-refractivity contribution is 5.96. The van der Waals surface area contributed by atoms with Crippen molar-refractivity contribution in [2.75, 3.05) is 33.4 Å². The molecule has 61 heavy (non-hydrogen) atoms. The van der Waals surface area contributed by atoms with Gasteiger partial charge in [0, 0.05) is 38.3 Å². The monoisotopic (exact) mass is 849 g/mol. The van der Waals surface area contributed by atoms with Crippen molar-refractivity contribution in [1.29, 1.82) is 0 Å². The molecule has 330 valence electrons. The van der Waals surface area contributed by atoms with Crippen LogP contribution in [0, 0.1) is 17.3 Å². The quantitative estimate of drug-likeness (QED) is 0.120. The second-order valence-electron chi connectivity index (χ2n) is 17.4. The Balaban J connectivity index is 1.02. The summed E-state index contributed by atoms with van der Waals surface area (Å²) in [6.07, 6.45) is -2.67. The molecule has 0 radical (unpaired) electrons. The lowest BCUT2D eigenvalue weighted by Crippen LogP contribution is -2.70. The van der Waals surface area contributed by atoms with Gasteiger partial charge in [-0.05, 0) is 42.4 Å². The van der Waals surface area contributed by atoms with Crippen molar-refractivity contribution in [1.82, 2.24) is 15.3 Å². The van der Waals surface area contributed by atoms with Gasteiger partial charge >= 0.3 is 5.97 Å². The molecule has 2 amide bonds. The maximum absolute atomic E-state index is 15.5. The molecule has 3 aliphatic carbocycles. The van der Waals surface area contributed by atoms with E-state index in [2.05, 4.69) is 5.32 Å². The normalized spacial score (nSPS) is 35.7. The number of carbonyl (C=O) groups is 3. The Bertz CT molecular complexity index is 1950. The third kappa shape index (κ3) is 7.60. The van der Waals surface area contributed by atoms with Crippen LogP contribution in [-0.2, 0) is 55.9 Å². The molecule has 6 N–H and O–H groups in total. The van der Waals surface area contributed by atoms with Gasteiger partial charge in [-0.3, -0.25) is 19.2 Å². The van der Waals surface area contributed by atoms with Gasteiger partial charge in [-0.1, -0.05) is 66.7 Å². The standard InChI is InChI=1S/C44H55N3O14/c1-46(29(39(53)45-17-18-48)20-24-8-3-2-4-9-24)42(55)43-21-30-35-36(60-44(59-35,27-13-14-27)28-15-16-28)38(43)61-47(37(43)40(54)57-30)22-26-11-6-5-10-25(26)12-7-19-56-41-34(52)33(51)32(50)31(23-49)58-41/h2-12,27-38,41,48-52H,13-23H2,1H3,(H,45,53).